The van der Waals surface area contributed by atoms with Gasteiger partial charge in [0.2, 0.25) is 5.91 Å². The fraction of sp³-hybridized carbons (Fsp3) is 0.148. The van der Waals surface area contributed by atoms with E-state index in [-0.39, 0.29) is 24.0 Å². The van der Waals surface area contributed by atoms with Crippen LogP contribution in [0.3, 0.4) is 0 Å². The average molecular weight is 470 g/mol. The van der Waals surface area contributed by atoms with Crippen molar-refractivity contribution in [2.45, 2.75) is 18.9 Å². The number of hydrogen-bond acceptors (Lipinski definition) is 6. The van der Waals surface area contributed by atoms with E-state index in [0.717, 1.165) is 10.5 Å². The maximum Gasteiger partial charge on any atom is 0.330 e. The molecule has 176 valence electrons. The third kappa shape index (κ3) is 5.50. The van der Waals surface area contributed by atoms with Crippen molar-refractivity contribution in [3.05, 3.63) is 107 Å². The Morgan fingerprint density at radius 2 is 1.23 bits per heavy atom. The molecule has 1 heterocycles. The summed E-state index contributed by atoms with van der Waals surface area (Å²) in [6, 6.07) is 22.7. The van der Waals surface area contributed by atoms with Gasteiger partial charge in [0.15, 0.2) is 6.61 Å². The number of nitrogens with one attached hydrogen (secondary N) is 1. The molecule has 1 aliphatic heterocycles. The molecule has 1 N–H and O–H groups in total. The Balaban J connectivity index is 1.44. The lowest BCUT2D eigenvalue weighted by atomic mass is 10.0. The van der Waals surface area contributed by atoms with Crippen LogP contribution in [0.25, 0.3) is 0 Å². The number of ether oxygens (including phenoxy) is 1. The Kier molecular flexibility index (Phi) is 7.11. The van der Waals surface area contributed by atoms with E-state index in [1.165, 1.54) is 12.1 Å². The molecule has 1 aliphatic rings. The molecule has 0 aliphatic carbocycles. The van der Waals surface area contributed by atoms with Gasteiger partial charge in [0.1, 0.15) is 6.04 Å². The number of benzene rings is 3. The SMILES string of the molecule is O=C(COC(=O)C(Cc1ccccc1)N1C(=O)c2ccccc2C1=O)NC(=O)Cc1ccccc1. The average Bonchev–Trinajstić information content (AvgIpc) is 3.12. The van der Waals surface area contributed by atoms with Crippen LogP contribution in [0.5, 0.6) is 0 Å². The molecule has 0 bridgehead atoms. The number of imide groups is 2. The second-order valence-corrected chi connectivity index (χ2v) is 7.97. The lowest BCUT2D eigenvalue weighted by molar-refractivity contribution is -0.153. The second-order valence-electron chi connectivity index (χ2n) is 7.97. The predicted octanol–water partition coefficient (Wildman–Crippen LogP) is 2.32. The molecule has 3 aromatic carbocycles. The number of amides is 4. The van der Waals surface area contributed by atoms with E-state index >= 15 is 0 Å². The van der Waals surface area contributed by atoms with E-state index in [1.807, 2.05) is 6.07 Å². The molecule has 8 nitrogen and oxygen atoms in total. The highest BCUT2D eigenvalue weighted by Gasteiger charge is 2.43. The molecular weight excluding hydrogens is 448 g/mol. The first-order valence-electron chi connectivity index (χ1n) is 11.0. The monoisotopic (exact) mass is 470 g/mol. The van der Waals surface area contributed by atoms with Gasteiger partial charge in [-0.25, -0.2) is 4.79 Å². The quantitative estimate of drug-likeness (QED) is 0.400. The number of rotatable bonds is 8. The van der Waals surface area contributed by atoms with Gasteiger partial charge in [-0.3, -0.25) is 29.4 Å². The molecule has 3 aromatic rings. The number of esters is 1. The minimum absolute atomic E-state index is 0.00774. The van der Waals surface area contributed by atoms with E-state index in [0.29, 0.717) is 5.56 Å². The molecule has 4 rings (SSSR count). The molecule has 35 heavy (non-hydrogen) atoms. The summed E-state index contributed by atoms with van der Waals surface area (Å²) in [6.45, 7) is -0.728. The summed E-state index contributed by atoms with van der Waals surface area (Å²) >= 11 is 0. The Bertz CT molecular complexity index is 1240. The highest BCUT2D eigenvalue weighted by molar-refractivity contribution is 6.22. The maximum absolute atomic E-state index is 13.0. The lowest BCUT2D eigenvalue weighted by Crippen LogP contribution is -2.47. The molecule has 0 spiro atoms. The van der Waals surface area contributed by atoms with Crippen molar-refractivity contribution in [1.82, 2.24) is 10.2 Å². The van der Waals surface area contributed by atoms with Crippen LogP contribution >= 0.6 is 0 Å². The molecule has 1 unspecified atom stereocenters. The smallest absolute Gasteiger partial charge is 0.330 e. The van der Waals surface area contributed by atoms with Crippen LogP contribution in [0.1, 0.15) is 31.8 Å². The van der Waals surface area contributed by atoms with Gasteiger partial charge < -0.3 is 4.74 Å². The van der Waals surface area contributed by atoms with Gasteiger partial charge >= 0.3 is 5.97 Å². The highest BCUT2D eigenvalue weighted by atomic mass is 16.5. The van der Waals surface area contributed by atoms with Crippen molar-refractivity contribution >= 4 is 29.6 Å². The standard InChI is InChI=1S/C27H22N2O6/c30-23(16-19-11-5-2-6-12-19)28-24(31)17-35-27(34)22(15-18-9-3-1-4-10-18)29-25(32)20-13-7-8-14-21(20)26(29)33/h1-14,22H,15-17H2,(H,28,30,31). The van der Waals surface area contributed by atoms with Crippen LogP contribution < -0.4 is 5.32 Å². The number of hydrogen-bond donors (Lipinski definition) is 1. The van der Waals surface area contributed by atoms with Gasteiger partial charge in [0, 0.05) is 6.42 Å². The van der Waals surface area contributed by atoms with Gasteiger partial charge in [-0.1, -0.05) is 72.8 Å². The van der Waals surface area contributed by atoms with Crippen molar-refractivity contribution in [2.75, 3.05) is 6.61 Å². The van der Waals surface area contributed by atoms with Crippen LogP contribution in [0, 0.1) is 0 Å². The maximum atomic E-state index is 13.0. The van der Waals surface area contributed by atoms with Gasteiger partial charge in [-0.15, -0.1) is 0 Å². The molecule has 0 aromatic heterocycles. The number of carbonyl (C=O) groups is 5. The molecule has 8 heteroatoms. The second kappa shape index (κ2) is 10.6. The Hall–Kier alpha value is -4.59. The highest BCUT2D eigenvalue weighted by Crippen LogP contribution is 2.26. The Morgan fingerprint density at radius 1 is 0.714 bits per heavy atom. The zero-order chi connectivity index (χ0) is 24.8. The summed E-state index contributed by atoms with van der Waals surface area (Å²) in [5.41, 5.74) is 1.83. The molecule has 0 saturated carbocycles. The van der Waals surface area contributed by atoms with Crippen LogP contribution in [0.15, 0.2) is 84.9 Å². The zero-order valence-electron chi connectivity index (χ0n) is 18.7. The van der Waals surface area contributed by atoms with Gasteiger partial charge in [-0.05, 0) is 23.3 Å². The molecule has 0 radical (unpaired) electrons. The van der Waals surface area contributed by atoms with Crippen molar-refractivity contribution < 1.29 is 28.7 Å². The first kappa shape index (κ1) is 23.6. The molecular formula is C27H22N2O6. The molecule has 0 saturated heterocycles. The minimum Gasteiger partial charge on any atom is -0.454 e. The van der Waals surface area contributed by atoms with E-state index in [1.54, 1.807) is 66.7 Å². The zero-order valence-corrected chi connectivity index (χ0v) is 18.7. The molecule has 4 amide bonds. The summed E-state index contributed by atoms with van der Waals surface area (Å²) in [6.07, 6.45) is 0.00585. The fourth-order valence-electron chi connectivity index (χ4n) is 3.86. The van der Waals surface area contributed by atoms with Crippen molar-refractivity contribution in [3.63, 3.8) is 0 Å². The normalized spacial score (nSPS) is 13.2. The third-order valence-electron chi connectivity index (χ3n) is 5.51. The van der Waals surface area contributed by atoms with Crippen molar-refractivity contribution in [1.29, 1.82) is 0 Å². The van der Waals surface area contributed by atoms with Crippen LogP contribution in [-0.4, -0.2) is 47.1 Å². The molecule has 0 fully saturated rings. The summed E-state index contributed by atoms with van der Waals surface area (Å²) in [5, 5.41) is 2.17. The van der Waals surface area contributed by atoms with Gasteiger partial charge in [-0.2, -0.15) is 0 Å². The van der Waals surface area contributed by atoms with Gasteiger partial charge in [0.25, 0.3) is 17.7 Å². The van der Waals surface area contributed by atoms with Crippen molar-refractivity contribution in [2.24, 2.45) is 0 Å². The molecule has 1 atom stereocenters. The summed E-state index contributed by atoms with van der Waals surface area (Å²) < 4.78 is 5.15. The topological polar surface area (TPSA) is 110 Å². The van der Waals surface area contributed by atoms with E-state index in [4.69, 9.17) is 4.74 Å². The van der Waals surface area contributed by atoms with E-state index in [9.17, 15) is 24.0 Å². The predicted molar refractivity (Wildman–Crippen MR) is 125 cm³/mol. The fourth-order valence-corrected chi connectivity index (χ4v) is 3.86. The summed E-state index contributed by atoms with van der Waals surface area (Å²) in [4.78, 5) is 64.1. The first-order valence-corrected chi connectivity index (χ1v) is 11.0. The Labute approximate surface area is 201 Å². The number of carbonyl (C=O) groups excluding carboxylic acids is 5. The van der Waals surface area contributed by atoms with Crippen molar-refractivity contribution in [3.8, 4) is 0 Å². The largest absolute Gasteiger partial charge is 0.454 e. The van der Waals surface area contributed by atoms with E-state index < -0.39 is 42.2 Å². The van der Waals surface area contributed by atoms with Crippen LogP contribution in [-0.2, 0) is 32.0 Å². The van der Waals surface area contributed by atoms with E-state index in [2.05, 4.69) is 5.32 Å². The van der Waals surface area contributed by atoms with Gasteiger partial charge in [0.05, 0.1) is 17.5 Å². The third-order valence-corrected chi connectivity index (χ3v) is 5.51. The summed E-state index contributed by atoms with van der Waals surface area (Å²) in [5.74, 6) is -3.48. The number of nitrogens with zero attached hydrogens (tertiary/aromatic N) is 1. The first-order chi connectivity index (χ1) is 16.9. The van der Waals surface area contributed by atoms with Crippen LogP contribution in [0.4, 0.5) is 0 Å². The van der Waals surface area contributed by atoms with Crippen LogP contribution in [0.2, 0.25) is 0 Å². The number of fused-ring (bicyclic) bond motifs is 1. The minimum atomic E-state index is -1.28. The summed E-state index contributed by atoms with van der Waals surface area (Å²) in [7, 11) is 0. The lowest BCUT2D eigenvalue weighted by Gasteiger charge is -2.24. The Morgan fingerprint density at radius 3 is 1.80 bits per heavy atom.